The third kappa shape index (κ3) is 4.32. The fourth-order valence-corrected chi connectivity index (χ4v) is 3.76. The summed E-state index contributed by atoms with van der Waals surface area (Å²) in [4.78, 5) is 48.7. The summed E-state index contributed by atoms with van der Waals surface area (Å²) in [6.45, 7) is -0.521. The molecule has 2 amide bonds. The topological polar surface area (TPSA) is 113 Å². The monoisotopic (exact) mass is 412 g/mol. The van der Waals surface area contributed by atoms with Gasteiger partial charge in [-0.25, -0.2) is 0 Å². The van der Waals surface area contributed by atoms with Gasteiger partial charge >= 0.3 is 5.97 Å². The fourth-order valence-electron chi connectivity index (χ4n) is 3.29. The Labute approximate surface area is 171 Å². The van der Waals surface area contributed by atoms with Gasteiger partial charge in [-0.15, -0.1) is 0 Å². The second-order valence-electron chi connectivity index (χ2n) is 6.52. The first-order valence-corrected chi connectivity index (χ1v) is 10.4. The summed E-state index contributed by atoms with van der Waals surface area (Å²) in [7, 11) is 0. The Bertz CT molecular complexity index is 989. The molecule has 3 rings (SSSR count). The molecule has 2 aromatic rings. The van der Waals surface area contributed by atoms with E-state index in [1.54, 1.807) is 42.5 Å². The lowest BCUT2D eigenvalue weighted by molar-refractivity contribution is -0.138. The number of benzene rings is 2. The van der Waals surface area contributed by atoms with E-state index in [1.807, 2.05) is 6.26 Å². The third-order valence-electron chi connectivity index (χ3n) is 4.64. The minimum Gasteiger partial charge on any atom is -0.480 e. The molecule has 0 saturated heterocycles. The Balaban J connectivity index is 1.88. The van der Waals surface area contributed by atoms with Crippen LogP contribution in [0.1, 0.15) is 32.7 Å². The minimum atomic E-state index is -1.16. The molecular formula is C21H20N2O5S. The van der Waals surface area contributed by atoms with Crippen molar-refractivity contribution >= 4 is 35.3 Å². The van der Waals surface area contributed by atoms with Gasteiger partial charge in [-0.3, -0.25) is 19.2 Å². The fraction of sp³-hybridized carbons (Fsp3) is 0.238. The van der Waals surface area contributed by atoms with Crippen molar-refractivity contribution in [2.24, 2.45) is 0 Å². The second kappa shape index (κ2) is 8.91. The van der Waals surface area contributed by atoms with Gasteiger partial charge in [0.05, 0.1) is 0 Å². The lowest BCUT2D eigenvalue weighted by Crippen LogP contribution is -2.48. The average Bonchev–Trinajstić information content (AvgIpc) is 3.02. The number of thioether (sulfide) groups is 1. The maximum absolute atomic E-state index is 13.0. The molecule has 2 aromatic carbocycles. The van der Waals surface area contributed by atoms with Crippen LogP contribution < -0.4 is 10.6 Å². The number of fused-ring (bicyclic) bond motifs is 3. The van der Waals surface area contributed by atoms with Gasteiger partial charge in [-0.2, -0.15) is 11.8 Å². The van der Waals surface area contributed by atoms with Crippen LogP contribution in [0.2, 0.25) is 0 Å². The van der Waals surface area contributed by atoms with E-state index in [9.17, 15) is 19.2 Å². The van der Waals surface area contributed by atoms with Crippen LogP contribution in [0.4, 0.5) is 0 Å². The number of hydrogen-bond acceptors (Lipinski definition) is 5. The Morgan fingerprint density at radius 3 is 2.41 bits per heavy atom. The summed E-state index contributed by atoms with van der Waals surface area (Å²) >= 11 is 1.51. The quantitative estimate of drug-likeness (QED) is 0.521. The zero-order valence-electron chi connectivity index (χ0n) is 15.7. The van der Waals surface area contributed by atoms with E-state index < -0.39 is 30.4 Å². The van der Waals surface area contributed by atoms with Crippen molar-refractivity contribution in [2.45, 2.75) is 12.5 Å². The normalized spacial score (nSPS) is 12.7. The number of carbonyl (C=O) groups is 4. The van der Waals surface area contributed by atoms with E-state index >= 15 is 0 Å². The zero-order valence-corrected chi connectivity index (χ0v) is 16.5. The summed E-state index contributed by atoms with van der Waals surface area (Å²) in [5, 5.41) is 13.8. The van der Waals surface area contributed by atoms with Gasteiger partial charge in [-0.05, 0) is 30.1 Å². The summed E-state index contributed by atoms with van der Waals surface area (Å²) < 4.78 is 0. The zero-order chi connectivity index (χ0) is 21.0. The molecule has 0 unspecified atom stereocenters. The average molecular weight is 412 g/mol. The summed E-state index contributed by atoms with van der Waals surface area (Å²) in [5.74, 6) is -1.73. The van der Waals surface area contributed by atoms with Crippen molar-refractivity contribution in [1.82, 2.24) is 10.6 Å². The molecule has 7 nitrogen and oxygen atoms in total. The van der Waals surface area contributed by atoms with Gasteiger partial charge in [-0.1, -0.05) is 36.4 Å². The number of hydrogen-bond donors (Lipinski definition) is 3. The summed E-state index contributed by atoms with van der Waals surface area (Å²) in [6, 6.07) is 11.1. The first kappa shape index (κ1) is 20.6. The van der Waals surface area contributed by atoms with Crippen LogP contribution in [0.15, 0.2) is 42.5 Å². The van der Waals surface area contributed by atoms with Crippen LogP contribution in [0.25, 0.3) is 11.1 Å². The van der Waals surface area contributed by atoms with Crippen LogP contribution >= 0.6 is 11.8 Å². The lowest BCUT2D eigenvalue weighted by atomic mass is 9.98. The number of carboxylic acid groups (broad SMARTS) is 1. The van der Waals surface area contributed by atoms with E-state index in [0.29, 0.717) is 40.0 Å². The molecule has 0 aliphatic heterocycles. The molecule has 0 radical (unpaired) electrons. The maximum atomic E-state index is 13.0. The maximum Gasteiger partial charge on any atom is 0.322 e. The SMILES string of the molecule is CSCC[C@H](NC(=O)c1cccc2c1-c1ccccc1C2=O)C(=O)NCC(=O)O. The minimum absolute atomic E-state index is 0.136. The first-order chi connectivity index (χ1) is 13.9. The number of rotatable bonds is 8. The predicted octanol–water partition coefficient (Wildman–Crippen LogP) is 1.95. The van der Waals surface area contributed by atoms with Crippen LogP contribution in [0, 0.1) is 0 Å². The molecule has 0 spiro atoms. The van der Waals surface area contributed by atoms with Crippen LogP contribution in [0.5, 0.6) is 0 Å². The van der Waals surface area contributed by atoms with Gasteiger partial charge in [0.1, 0.15) is 12.6 Å². The van der Waals surface area contributed by atoms with E-state index in [4.69, 9.17) is 5.11 Å². The van der Waals surface area contributed by atoms with Crippen molar-refractivity contribution in [2.75, 3.05) is 18.6 Å². The number of carboxylic acids is 1. The number of ketones is 1. The van der Waals surface area contributed by atoms with Crippen LogP contribution in [0.3, 0.4) is 0 Å². The Kier molecular flexibility index (Phi) is 6.33. The molecule has 0 bridgehead atoms. The smallest absolute Gasteiger partial charge is 0.322 e. The largest absolute Gasteiger partial charge is 0.480 e. The van der Waals surface area contributed by atoms with Gasteiger partial charge in [0.25, 0.3) is 5.91 Å². The summed E-state index contributed by atoms with van der Waals surface area (Å²) in [5.41, 5.74) is 2.55. The number of aliphatic carboxylic acids is 1. The Morgan fingerprint density at radius 2 is 1.72 bits per heavy atom. The standard InChI is InChI=1S/C21H20N2O5S/c1-29-10-9-16(21(28)22-11-17(24)25)23-20(27)15-8-4-7-14-18(15)12-5-2-3-6-13(12)19(14)26/h2-8,16H,9-11H2,1H3,(H,22,28)(H,23,27)(H,24,25)/t16-/m0/s1. The van der Waals surface area contributed by atoms with Crippen molar-refractivity contribution in [3.8, 4) is 11.1 Å². The number of amides is 2. The number of carbonyl (C=O) groups excluding carboxylic acids is 3. The molecule has 8 heteroatoms. The lowest BCUT2D eigenvalue weighted by Gasteiger charge is -2.18. The second-order valence-corrected chi connectivity index (χ2v) is 7.51. The van der Waals surface area contributed by atoms with Crippen molar-refractivity contribution < 1.29 is 24.3 Å². The van der Waals surface area contributed by atoms with E-state index in [-0.39, 0.29) is 5.78 Å². The highest BCUT2D eigenvalue weighted by atomic mass is 32.2. The highest BCUT2D eigenvalue weighted by Crippen LogP contribution is 2.38. The molecule has 0 aromatic heterocycles. The van der Waals surface area contributed by atoms with Gasteiger partial charge < -0.3 is 15.7 Å². The Morgan fingerprint density at radius 1 is 1.03 bits per heavy atom. The van der Waals surface area contributed by atoms with Gasteiger partial charge in [0.15, 0.2) is 5.78 Å². The van der Waals surface area contributed by atoms with Crippen molar-refractivity contribution in [1.29, 1.82) is 0 Å². The highest BCUT2D eigenvalue weighted by molar-refractivity contribution is 7.98. The molecule has 3 N–H and O–H groups in total. The molecule has 1 aliphatic rings. The predicted molar refractivity (Wildman–Crippen MR) is 110 cm³/mol. The van der Waals surface area contributed by atoms with Crippen molar-refractivity contribution in [3.05, 3.63) is 59.2 Å². The van der Waals surface area contributed by atoms with Gasteiger partial charge in [0.2, 0.25) is 5.91 Å². The van der Waals surface area contributed by atoms with E-state index in [0.717, 1.165) is 0 Å². The first-order valence-electron chi connectivity index (χ1n) is 9.00. The molecule has 1 aliphatic carbocycles. The van der Waals surface area contributed by atoms with Crippen molar-refractivity contribution in [3.63, 3.8) is 0 Å². The molecule has 0 heterocycles. The third-order valence-corrected chi connectivity index (χ3v) is 5.28. The Hall–Kier alpha value is -3.13. The van der Waals surface area contributed by atoms with E-state index in [2.05, 4.69) is 10.6 Å². The molecule has 1 atom stereocenters. The molecule has 150 valence electrons. The molecule has 0 saturated carbocycles. The van der Waals surface area contributed by atoms with Crippen LogP contribution in [-0.4, -0.2) is 53.3 Å². The summed E-state index contributed by atoms with van der Waals surface area (Å²) in [6.07, 6.45) is 2.23. The van der Waals surface area contributed by atoms with Gasteiger partial charge in [0, 0.05) is 22.3 Å². The van der Waals surface area contributed by atoms with Crippen LogP contribution in [-0.2, 0) is 9.59 Å². The van der Waals surface area contributed by atoms with E-state index in [1.165, 1.54) is 11.8 Å². The molecular weight excluding hydrogens is 392 g/mol. The molecule has 0 fully saturated rings. The molecule has 29 heavy (non-hydrogen) atoms. The highest BCUT2D eigenvalue weighted by Gasteiger charge is 2.31. The number of nitrogens with one attached hydrogen (secondary N) is 2.